The summed E-state index contributed by atoms with van der Waals surface area (Å²) >= 11 is 0. The Balaban J connectivity index is 2.02. The highest BCUT2D eigenvalue weighted by Crippen LogP contribution is 2.33. The second-order valence-electron chi connectivity index (χ2n) is 7.01. The molecule has 0 aliphatic carbocycles. The van der Waals surface area contributed by atoms with Crippen LogP contribution in [0.1, 0.15) is 25.3 Å². The molecule has 2 unspecified atom stereocenters. The third-order valence-corrected chi connectivity index (χ3v) is 6.55. The zero-order valence-corrected chi connectivity index (χ0v) is 16.0. The molecule has 3 atom stereocenters. The fourth-order valence-electron chi connectivity index (χ4n) is 3.96. The van der Waals surface area contributed by atoms with E-state index in [4.69, 9.17) is 5.73 Å². The number of ketones is 1. The van der Waals surface area contributed by atoms with Crippen molar-refractivity contribution in [3.05, 3.63) is 36.0 Å². The monoisotopic (exact) mass is 375 g/mol. The van der Waals surface area contributed by atoms with E-state index in [-0.39, 0.29) is 18.4 Å². The fourth-order valence-corrected chi connectivity index (χ4v) is 4.87. The van der Waals surface area contributed by atoms with Crippen LogP contribution in [0, 0.1) is 12.8 Å². The van der Waals surface area contributed by atoms with E-state index < -0.39 is 21.9 Å². The third kappa shape index (κ3) is 3.46. The highest BCUT2D eigenvalue weighted by molar-refractivity contribution is 7.73. The number of nitrogens with zero attached hydrogens (tertiary/aromatic N) is 2. The van der Waals surface area contributed by atoms with Gasteiger partial charge in [-0.3, -0.25) is 4.79 Å². The Kier molecular flexibility index (Phi) is 5.58. The Bertz CT molecular complexity index is 889. The van der Waals surface area contributed by atoms with Gasteiger partial charge in [0.1, 0.15) is 16.5 Å². The molecule has 0 radical (unpaired) electrons. The molecule has 2 aromatic rings. The number of aryl methyl sites for hydroxylation is 1. The van der Waals surface area contributed by atoms with Crippen LogP contribution in [0.25, 0.3) is 10.8 Å². The van der Waals surface area contributed by atoms with Gasteiger partial charge in [-0.2, -0.15) is 0 Å². The molecule has 1 saturated heterocycles. The lowest BCUT2D eigenvalue weighted by Gasteiger charge is -2.30. The largest absolute Gasteiger partial charge is 0.353 e. The van der Waals surface area contributed by atoms with Gasteiger partial charge in [0, 0.05) is 30.1 Å². The van der Waals surface area contributed by atoms with Crippen LogP contribution in [0.2, 0.25) is 0 Å². The number of anilines is 1. The lowest BCUT2D eigenvalue weighted by Crippen LogP contribution is -2.36. The summed E-state index contributed by atoms with van der Waals surface area (Å²) in [6.45, 7) is 4.47. The highest BCUT2D eigenvalue weighted by Gasteiger charge is 2.36. The Hall–Kier alpha value is -1.99. The second kappa shape index (κ2) is 7.72. The van der Waals surface area contributed by atoms with Crippen LogP contribution in [0.5, 0.6) is 0 Å². The molecule has 1 fully saturated rings. The molecule has 0 amide bonds. The second-order valence-corrected chi connectivity index (χ2v) is 8.24. The normalized spacial score (nSPS) is 24.0. The number of carbonyl (C=O) groups is 1. The number of aromatic nitrogens is 1. The summed E-state index contributed by atoms with van der Waals surface area (Å²) in [4.78, 5) is 19.0. The predicted molar refractivity (Wildman–Crippen MR) is 104 cm³/mol. The first-order valence-electron chi connectivity index (χ1n) is 8.91. The molecule has 1 aliphatic heterocycles. The average Bonchev–Trinajstić information content (AvgIpc) is 2.81. The van der Waals surface area contributed by atoms with Gasteiger partial charge in [0.25, 0.3) is 0 Å². The van der Waals surface area contributed by atoms with E-state index in [2.05, 4.69) is 16.0 Å². The molecule has 3 rings (SSSR count). The summed E-state index contributed by atoms with van der Waals surface area (Å²) in [6.07, 6.45) is 2.72. The number of nitrogens with two attached hydrogens (primary N) is 1. The van der Waals surface area contributed by atoms with Gasteiger partial charge in [0.05, 0.1) is 11.8 Å². The van der Waals surface area contributed by atoms with Crippen LogP contribution in [0.4, 0.5) is 5.82 Å². The number of benzene rings is 1. The molecular weight excluding hydrogens is 350 g/mol. The number of rotatable bonds is 4. The Morgan fingerprint density at radius 3 is 2.65 bits per heavy atom. The maximum atomic E-state index is 12.3. The summed E-state index contributed by atoms with van der Waals surface area (Å²) in [5, 5.41) is 1.52. The van der Waals surface area contributed by atoms with E-state index >= 15 is 0 Å². The maximum absolute atomic E-state index is 12.3. The molecule has 140 valence electrons. The molecule has 6 nitrogen and oxygen atoms in total. The van der Waals surface area contributed by atoms with Crippen molar-refractivity contribution in [1.29, 1.82) is 0 Å². The maximum Gasteiger partial charge on any atom is 0.150 e. The number of hydrogen-bond acceptors (Lipinski definition) is 6. The summed E-state index contributed by atoms with van der Waals surface area (Å²) in [5.41, 5.74) is 6.63. The number of Topliss-reactive ketones (excluding diaryl/α,β-unsaturated/α-hetero) is 1. The van der Waals surface area contributed by atoms with Gasteiger partial charge in [0.2, 0.25) is 0 Å². The number of pyridine rings is 1. The summed E-state index contributed by atoms with van der Waals surface area (Å²) in [7, 11) is -2.68. The van der Waals surface area contributed by atoms with Crippen molar-refractivity contribution in [2.24, 2.45) is 11.7 Å². The number of fused-ring (bicyclic) bond motifs is 1. The predicted octanol–water partition coefficient (Wildman–Crippen LogP) is 1.66. The summed E-state index contributed by atoms with van der Waals surface area (Å²) < 4.78 is 23.5. The van der Waals surface area contributed by atoms with E-state index in [1.54, 1.807) is 0 Å². The highest BCUT2D eigenvalue weighted by atomic mass is 32.2. The lowest BCUT2D eigenvalue weighted by atomic mass is 9.92. The standard InChI is InChI=1S/C19H25N3O3S/c1-12-11-21-19(15-6-4-3-5-14(12)15)22-8-7-18(26(24)25)16(9-13(22)2)17(23)10-20/h3-6,11,13,16,18,26H,7-10,20H2,1-2H3/t13?,16?,18-/m0/s1. The van der Waals surface area contributed by atoms with Crippen molar-refractivity contribution >= 4 is 33.1 Å². The van der Waals surface area contributed by atoms with Crippen LogP contribution >= 0.6 is 0 Å². The Labute approximate surface area is 155 Å². The van der Waals surface area contributed by atoms with Crippen molar-refractivity contribution in [2.75, 3.05) is 18.0 Å². The van der Waals surface area contributed by atoms with Gasteiger partial charge in [0.15, 0.2) is 5.78 Å². The molecule has 26 heavy (non-hydrogen) atoms. The minimum Gasteiger partial charge on any atom is -0.353 e. The van der Waals surface area contributed by atoms with Crippen molar-refractivity contribution in [1.82, 2.24) is 4.98 Å². The van der Waals surface area contributed by atoms with Gasteiger partial charge in [-0.25, -0.2) is 13.4 Å². The van der Waals surface area contributed by atoms with E-state index in [9.17, 15) is 13.2 Å². The van der Waals surface area contributed by atoms with Gasteiger partial charge in [-0.1, -0.05) is 24.3 Å². The molecule has 1 aromatic carbocycles. The third-order valence-electron chi connectivity index (χ3n) is 5.39. The Morgan fingerprint density at radius 2 is 2.00 bits per heavy atom. The minimum absolute atomic E-state index is 0.00550. The number of hydrogen-bond donors (Lipinski definition) is 2. The van der Waals surface area contributed by atoms with Gasteiger partial charge >= 0.3 is 0 Å². The SMILES string of the molecule is Cc1cnc(N2CC[C@H]([SH](=O)=O)C(C(=O)CN)CC2C)c2ccccc12. The smallest absolute Gasteiger partial charge is 0.150 e. The topological polar surface area (TPSA) is 93.4 Å². The molecule has 0 spiro atoms. The van der Waals surface area contributed by atoms with E-state index in [0.29, 0.717) is 19.4 Å². The summed E-state index contributed by atoms with van der Waals surface area (Å²) in [5.74, 6) is 0.127. The van der Waals surface area contributed by atoms with Crippen LogP contribution in [0.15, 0.2) is 30.5 Å². The van der Waals surface area contributed by atoms with Crippen molar-refractivity contribution in [3.63, 3.8) is 0 Å². The van der Waals surface area contributed by atoms with Crippen molar-refractivity contribution in [3.8, 4) is 0 Å². The molecule has 0 saturated carbocycles. The zero-order chi connectivity index (χ0) is 18.8. The van der Waals surface area contributed by atoms with Crippen molar-refractivity contribution in [2.45, 2.75) is 38.0 Å². The van der Waals surface area contributed by atoms with Gasteiger partial charge < -0.3 is 10.6 Å². The molecule has 1 aromatic heterocycles. The summed E-state index contributed by atoms with van der Waals surface area (Å²) in [6, 6.07) is 8.08. The van der Waals surface area contributed by atoms with Gasteiger partial charge in [-0.05, 0) is 37.6 Å². The Morgan fingerprint density at radius 1 is 1.31 bits per heavy atom. The molecule has 2 heterocycles. The van der Waals surface area contributed by atoms with Crippen LogP contribution in [-0.4, -0.2) is 43.6 Å². The first-order valence-corrected chi connectivity index (χ1v) is 10.2. The molecule has 2 N–H and O–H groups in total. The first-order chi connectivity index (χ1) is 12.4. The molecule has 7 heteroatoms. The molecular formula is C19H25N3O3S. The van der Waals surface area contributed by atoms with E-state index in [1.165, 1.54) is 0 Å². The lowest BCUT2D eigenvalue weighted by molar-refractivity contribution is -0.121. The van der Waals surface area contributed by atoms with Gasteiger partial charge in [-0.15, -0.1) is 0 Å². The molecule has 0 bridgehead atoms. The van der Waals surface area contributed by atoms with Crippen LogP contribution in [-0.2, 0) is 15.5 Å². The number of carbonyl (C=O) groups excluding carboxylic acids is 1. The quantitative estimate of drug-likeness (QED) is 0.790. The van der Waals surface area contributed by atoms with E-state index in [0.717, 1.165) is 22.2 Å². The number of thiol groups is 1. The van der Waals surface area contributed by atoms with Crippen molar-refractivity contribution < 1.29 is 13.2 Å². The average molecular weight is 375 g/mol. The van der Waals surface area contributed by atoms with Crippen LogP contribution < -0.4 is 10.6 Å². The first kappa shape index (κ1) is 18.8. The fraction of sp³-hybridized carbons (Fsp3) is 0.474. The van der Waals surface area contributed by atoms with Crippen LogP contribution in [0.3, 0.4) is 0 Å². The zero-order valence-electron chi connectivity index (χ0n) is 15.1. The van der Waals surface area contributed by atoms with E-state index in [1.807, 2.05) is 38.2 Å². The molecule has 1 aliphatic rings. The minimum atomic E-state index is -2.68.